The molecule has 242 valence electrons. The summed E-state index contributed by atoms with van der Waals surface area (Å²) in [7, 11) is 0. The van der Waals surface area contributed by atoms with E-state index in [0.29, 0.717) is 5.92 Å². The molecule has 0 N–H and O–H groups in total. The second kappa shape index (κ2) is 11.9. The van der Waals surface area contributed by atoms with E-state index in [1.165, 1.54) is 82.7 Å². The summed E-state index contributed by atoms with van der Waals surface area (Å²) >= 11 is 0. The first kappa shape index (κ1) is 29.5. The summed E-state index contributed by atoms with van der Waals surface area (Å²) in [6.07, 6.45) is 8.14. The summed E-state index contributed by atoms with van der Waals surface area (Å²) < 4.78 is 4.85. The third-order valence-corrected chi connectivity index (χ3v) is 10.7. The van der Waals surface area contributed by atoms with Gasteiger partial charge in [-0.1, -0.05) is 140 Å². The van der Waals surface area contributed by atoms with Crippen molar-refractivity contribution in [1.82, 2.24) is 9.13 Å². The summed E-state index contributed by atoms with van der Waals surface area (Å²) in [6.45, 7) is 2.29. The fourth-order valence-corrected chi connectivity index (χ4v) is 8.24. The Morgan fingerprint density at radius 3 is 1.33 bits per heavy atom. The minimum atomic E-state index is 0.531. The van der Waals surface area contributed by atoms with Gasteiger partial charge < -0.3 is 9.13 Å². The van der Waals surface area contributed by atoms with E-state index >= 15 is 0 Å². The molecule has 0 amide bonds. The van der Waals surface area contributed by atoms with Crippen molar-refractivity contribution >= 4 is 49.2 Å². The SMILES string of the molecule is CC1C=CC(c2cc(-n3c4ccccc4c4ccccc43)ccc2-c2ccc(-n3c4ccccc4c4ccccc43)cc2-c2ccccc2)=CC1. The molecule has 9 aromatic rings. The van der Waals surface area contributed by atoms with Crippen molar-refractivity contribution in [2.24, 2.45) is 5.92 Å². The number of nitrogens with zero attached hydrogens (tertiary/aromatic N) is 2. The number of benzene rings is 7. The van der Waals surface area contributed by atoms with Crippen LogP contribution < -0.4 is 0 Å². The molecule has 0 bridgehead atoms. The molecule has 0 saturated carbocycles. The van der Waals surface area contributed by atoms with Crippen LogP contribution in [0.2, 0.25) is 0 Å². The van der Waals surface area contributed by atoms with Gasteiger partial charge in [0.2, 0.25) is 0 Å². The van der Waals surface area contributed by atoms with Gasteiger partial charge >= 0.3 is 0 Å². The van der Waals surface area contributed by atoms with Crippen molar-refractivity contribution in [3.8, 4) is 33.6 Å². The highest BCUT2D eigenvalue weighted by Gasteiger charge is 2.20. The van der Waals surface area contributed by atoms with Crippen LogP contribution in [0.15, 0.2) is 182 Å². The number of para-hydroxylation sites is 4. The van der Waals surface area contributed by atoms with E-state index < -0.39 is 0 Å². The molecule has 2 heterocycles. The lowest BCUT2D eigenvalue weighted by Gasteiger charge is -2.21. The zero-order valence-electron chi connectivity index (χ0n) is 28.5. The number of hydrogen-bond acceptors (Lipinski definition) is 0. The highest BCUT2D eigenvalue weighted by Crippen LogP contribution is 2.42. The molecule has 0 spiro atoms. The van der Waals surface area contributed by atoms with Gasteiger partial charge in [0.1, 0.15) is 0 Å². The maximum absolute atomic E-state index is 2.43. The van der Waals surface area contributed by atoms with Crippen molar-refractivity contribution in [3.63, 3.8) is 0 Å². The molecule has 10 rings (SSSR count). The molecule has 7 aromatic carbocycles. The Labute approximate surface area is 297 Å². The molecule has 2 heteroatoms. The van der Waals surface area contributed by atoms with Crippen LogP contribution in [0.4, 0.5) is 0 Å². The van der Waals surface area contributed by atoms with Crippen molar-refractivity contribution < 1.29 is 0 Å². The first-order chi connectivity index (χ1) is 25.2. The maximum atomic E-state index is 2.43. The molecular formula is C49H36N2. The van der Waals surface area contributed by atoms with E-state index in [9.17, 15) is 0 Å². The van der Waals surface area contributed by atoms with E-state index in [1.807, 2.05) is 0 Å². The van der Waals surface area contributed by atoms with Gasteiger partial charge in [-0.2, -0.15) is 0 Å². The lowest BCUT2D eigenvalue weighted by Crippen LogP contribution is -2.01. The first-order valence-corrected chi connectivity index (χ1v) is 17.9. The van der Waals surface area contributed by atoms with Gasteiger partial charge in [-0.3, -0.25) is 0 Å². The highest BCUT2D eigenvalue weighted by atomic mass is 15.0. The molecule has 1 unspecified atom stereocenters. The molecular weight excluding hydrogens is 617 g/mol. The normalized spacial score (nSPS) is 14.5. The molecule has 0 aliphatic heterocycles. The Hall–Kier alpha value is -6.38. The van der Waals surface area contributed by atoms with Crippen molar-refractivity contribution in [3.05, 3.63) is 188 Å². The van der Waals surface area contributed by atoms with Crippen molar-refractivity contribution in [2.45, 2.75) is 13.3 Å². The largest absolute Gasteiger partial charge is 0.309 e. The molecule has 1 atom stereocenters. The molecule has 51 heavy (non-hydrogen) atoms. The Bertz CT molecular complexity index is 2740. The monoisotopic (exact) mass is 652 g/mol. The molecule has 1 aliphatic rings. The van der Waals surface area contributed by atoms with Gasteiger partial charge in [0.05, 0.1) is 22.1 Å². The molecule has 0 fully saturated rings. The number of fused-ring (bicyclic) bond motifs is 6. The topological polar surface area (TPSA) is 9.86 Å². The molecule has 2 nitrogen and oxygen atoms in total. The highest BCUT2D eigenvalue weighted by molar-refractivity contribution is 6.10. The molecule has 2 aromatic heterocycles. The van der Waals surface area contributed by atoms with E-state index in [2.05, 4.69) is 198 Å². The van der Waals surface area contributed by atoms with Crippen LogP contribution >= 0.6 is 0 Å². The average Bonchev–Trinajstić information content (AvgIpc) is 3.71. The third-order valence-electron chi connectivity index (χ3n) is 10.7. The van der Waals surface area contributed by atoms with Crippen LogP contribution in [0.25, 0.3) is 82.8 Å². The van der Waals surface area contributed by atoms with Crippen LogP contribution in [0.3, 0.4) is 0 Å². The van der Waals surface area contributed by atoms with E-state index in [4.69, 9.17) is 0 Å². The first-order valence-electron chi connectivity index (χ1n) is 17.9. The van der Waals surface area contributed by atoms with Gasteiger partial charge in [-0.25, -0.2) is 0 Å². The minimum absolute atomic E-state index is 0.531. The van der Waals surface area contributed by atoms with E-state index in [-0.39, 0.29) is 0 Å². The summed E-state index contributed by atoms with van der Waals surface area (Å²) in [5.41, 5.74) is 14.6. The lowest BCUT2D eigenvalue weighted by molar-refractivity contribution is 0.739. The standard InChI is InChI=1S/C49H36N2/c1-33-23-25-35(26-24-33)45-32-37(51-48-21-11-7-17-42(48)43-18-8-12-22-49(43)51)28-30-39(45)38-29-27-36(31-44(38)34-13-3-2-4-14-34)50-46-19-9-5-15-40(46)41-16-6-10-20-47(41)50/h2-23,25-33H,24H2,1H3. The number of allylic oxidation sites excluding steroid dienone is 4. The van der Waals surface area contributed by atoms with Crippen LogP contribution in [-0.4, -0.2) is 9.13 Å². The Balaban J connectivity index is 1.23. The smallest absolute Gasteiger partial charge is 0.0541 e. The van der Waals surface area contributed by atoms with Gasteiger partial charge in [0.25, 0.3) is 0 Å². The summed E-state index contributed by atoms with van der Waals surface area (Å²) in [5.74, 6) is 0.531. The summed E-state index contributed by atoms with van der Waals surface area (Å²) in [5, 5.41) is 5.09. The van der Waals surface area contributed by atoms with E-state index in [1.54, 1.807) is 0 Å². The summed E-state index contributed by atoms with van der Waals surface area (Å²) in [4.78, 5) is 0. The predicted molar refractivity (Wildman–Crippen MR) is 217 cm³/mol. The van der Waals surface area contributed by atoms with Gasteiger partial charge in [-0.15, -0.1) is 0 Å². The zero-order chi connectivity index (χ0) is 33.9. The average molecular weight is 653 g/mol. The fraction of sp³-hybridized carbons (Fsp3) is 0.0612. The number of aromatic nitrogens is 2. The Morgan fingerprint density at radius 1 is 0.431 bits per heavy atom. The lowest BCUT2D eigenvalue weighted by atomic mass is 9.86. The van der Waals surface area contributed by atoms with Crippen LogP contribution in [0.5, 0.6) is 0 Å². The van der Waals surface area contributed by atoms with Crippen molar-refractivity contribution in [1.29, 1.82) is 0 Å². The maximum Gasteiger partial charge on any atom is 0.0541 e. The van der Waals surface area contributed by atoms with Gasteiger partial charge in [-0.05, 0) is 94.3 Å². The number of rotatable bonds is 5. The quantitative estimate of drug-likeness (QED) is 0.175. The van der Waals surface area contributed by atoms with Crippen LogP contribution in [-0.2, 0) is 0 Å². The Kier molecular flexibility index (Phi) is 6.89. The second-order valence-corrected chi connectivity index (χ2v) is 13.8. The zero-order valence-corrected chi connectivity index (χ0v) is 28.5. The Morgan fingerprint density at radius 2 is 0.863 bits per heavy atom. The minimum Gasteiger partial charge on any atom is -0.309 e. The molecule has 0 radical (unpaired) electrons. The molecule has 1 aliphatic carbocycles. The fourth-order valence-electron chi connectivity index (χ4n) is 8.24. The molecule has 0 saturated heterocycles. The third kappa shape index (κ3) is 4.79. The predicted octanol–water partition coefficient (Wildman–Crippen LogP) is 13.2. The number of hydrogen-bond donors (Lipinski definition) is 0. The van der Waals surface area contributed by atoms with Crippen LogP contribution in [0.1, 0.15) is 18.9 Å². The van der Waals surface area contributed by atoms with Crippen LogP contribution in [0, 0.1) is 5.92 Å². The van der Waals surface area contributed by atoms with Gasteiger partial charge in [0, 0.05) is 32.9 Å². The van der Waals surface area contributed by atoms with Gasteiger partial charge in [0.15, 0.2) is 0 Å². The van der Waals surface area contributed by atoms with Crippen molar-refractivity contribution in [2.75, 3.05) is 0 Å². The van der Waals surface area contributed by atoms with E-state index in [0.717, 1.165) is 12.1 Å². The summed E-state index contributed by atoms with van der Waals surface area (Å²) in [6, 6.07) is 60.0. The second-order valence-electron chi connectivity index (χ2n) is 13.8.